The molecule has 0 saturated carbocycles. The molecular formula is C10H12ClN3. The first-order chi connectivity index (χ1) is 6.74. The van der Waals surface area contributed by atoms with Crippen molar-refractivity contribution in [2.75, 3.05) is 0 Å². The van der Waals surface area contributed by atoms with E-state index in [1.807, 2.05) is 12.3 Å². The maximum atomic E-state index is 5.90. The van der Waals surface area contributed by atoms with Gasteiger partial charge in [-0.3, -0.25) is 0 Å². The summed E-state index contributed by atoms with van der Waals surface area (Å²) < 4.78 is 1.78. The molecule has 0 aliphatic rings. The summed E-state index contributed by atoms with van der Waals surface area (Å²) in [4.78, 5) is 4.27. The van der Waals surface area contributed by atoms with Gasteiger partial charge in [0.1, 0.15) is 0 Å². The largest absolute Gasteiger partial charge is 0.237 e. The van der Waals surface area contributed by atoms with Crippen LogP contribution < -0.4 is 0 Å². The van der Waals surface area contributed by atoms with E-state index < -0.39 is 0 Å². The third kappa shape index (κ3) is 1.38. The molecule has 0 atom stereocenters. The first-order valence-electron chi connectivity index (χ1n) is 4.62. The number of hydrogen-bond acceptors (Lipinski definition) is 2. The Bertz CT molecular complexity index is 448. The van der Waals surface area contributed by atoms with Crippen molar-refractivity contribution in [2.45, 2.75) is 25.6 Å². The lowest BCUT2D eigenvalue weighted by Crippen LogP contribution is -1.92. The van der Waals surface area contributed by atoms with E-state index in [9.17, 15) is 0 Å². The molecule has 2 rings (SSSR count). The van der Waals surface area contributed by atoms with E-state index in [1.165, 1.54) is 0 Å². The molecule has 0 N–H and O–H groups in total. The van der Waals surface area contributed by atoms with Gasteiger partial charge in [-0.15, -0.1) is 11.6 Å². The molecule has 0 unspecified atom stereocenters. The van der Waals surface area contributed by atoms with Crippen LogP contribution in [0, 0.1) is 0 Å². The summed E-state index contributed by atoms with van der Waals surface area (Å²) in [5.41, 5.74) is 2.95. The van der Waals surface area contributed by atoms with Crippen LogP contribution in [0.2, 0.25) is 0 Å². The van der Waals surface area contributed by atoms with Crippen molar-refractivity contribution < 1.29 is 0 Å². The summed E-state index contributed by atoms with van der Waals surface area (Å²) in [5, 5.41) is 4.45. The Morgan fingerprint density at radius 1 is 1.50 bits per heavy atom. The lowest BCUT2D eigenvalue weighted by atomic mass is 10.1. The first-order valence-corrected chi connectivity index (χ1v) is 5.15. The average molecular weight is 210 g/mol. The fourth-order valence-corrected chi connectivity index (χ4v) is 1.80. The predicted molar refractivity (Wildman–Crippen MR) is 56.6 cm³/mol. The highest BCUT2D eigenvalue weighted by Gasteiger charge is 2.14. The van der Waals surface area contributed by atoms with Gasteiger partial charge in [-0.25, -0.2) is 9.50 Å². The van der Waals surface area contributed by atoms with Gasteiger partial charge >= 0.3 is 0 Å². The molecule has 0 amide bonds. The number of nitrogens with zero attached hydrogens (tertiary/aromatic N) is 3. The smallest absolute Gasteiger partial charge is 0.159 e. The molecule has 74 valence electrons. The second-order valence-corrected chi connectivity index (χ2v) is 3.81. The first kappa shape index (κ1) is 9.46. The summed E-state index contributed by atoms with van der Waals surface area (Å²) in [7, 11) is 0. The van der Waals surface area contributed by atoms with E-state index in [-0.39, 0.29) is 0 Å². The van der Waals surface area contributed by atoms with Crippen molar-refractivity contribution in [3.05, 3.63) is 29.7 Å². The number of rotatable bonds is 2. The minimum Gasteiger partial charge on any atom is -0.237 e. The van der Waals surface area contributed by atoms with E-state index in [1.54, 1.807) is 10.7 Å². The third-order valence-electron chi connectivity index (χ3n) is 2.20. The van der Waals surface area contributed by atoms with Gasteiger partial charge in [0, 0.05) is 18.0 Å². The zero-order chi connectivity index (χ0) is 10.1. The zero-order valence-corrected chi connectivity index (χ0v) is 8.99. The lowest BCUT2D eigenvalue weighted by Gasteiger charge is -2.00. The van der Waals surface area contributed by atoms with Crippen LogP contribution in [-0.2, 0) is 5.88 Å². The van der Waals surface area contributed by atoms with Crippen molar-refractivity contribution in [2.24, 2.45) is 0 Å². The summed E-state index contributed by atoms with van der Waals surface area (Å²) >= 11 is 5.90. The Labute approximate surface area is 87.7 Å². The van der Waals surface area contributed by atoms with E-state index in [0.29, 0.717) is 11.8 Å². The molecular weight excluding hydrogens is 198 g/mol. The summed E-state index contributed by atoms with van der Waals surface area (Å²) in [6, 6.07) is 1.86. The Hall–Kier alpha value is -1.09. The number of alkyl halides is 1. The lowest BCUT2D eigenvalue weighted by molar-refractivity contribution is 0.781. The maximum absolute atomic E-state index is 5.90. The number of hydrogen-bond donors (Lipinski definition) is 0. The number of fused-ring (bicyclic) bond motifs is 1. The minimum absolute atomic E-state index is 0.380. The van der Waals surface area contributed by atoms with Gasteiger partial charge < -0.3 is 0 Å². The van der Waals surface area contributed by atoms with Crippen molar-refractivity contribution in [3.63, 3.8) is 0 Å². The predicted octanol–water partition coefficient (Wildman–Crippen LogP) is 2.59. The molecule has 2 heterocycles. The van der Waals surface area contributed by atoms with Crippen LogP contribution in [0.1, 0.15) is 31.0 Å². The summed E-state index contributed by atoms with van der Waals surface area (Å²) in [6.45, 7) is 4.22. The molecule has 0 saturated heterocycles. The molecule has 0 aliphatic heterocycles. The van der Waals surface area contributed by atoms with Gasteiger partial charge in [-0.2, -0.15) is 5.10 Å². The van der Waals surface area contributed by atoms with Crippen LogP contribution in [-0.4, -0.2) is 14.6 Å². The topological polar surface area (TPSA) is 30.2 Å². The monoisotopic (exact) mass is 209 g/mol. The van der Waals surface area contributed by atoms with Crippen LogP contribution in [0.25, 0.3) is 5.65 Å². The molecule has 0 bridgehead atoms. The van der Waals surface area contributed by atoms with E-state index in [4.69, 9.17) is 11.6 Å². The van der Waals surface area contributed by atoms with Gasteiger partial charge in [0.05, 0.1) is 11.6 Å². The Balaban J connectivity index is 2.72. The van der Waals surface area contributed by atoms with E-state index in [2.05, 4.69) is 23.9 Å². The van der Waals surface area contributed by atoms with Gasteiger partial charge in [0.15, 0.2) is 5.65 Å². The molecule has 0 aliphatic carbocycles. The SMILES string of the molecule is CC(C)c1nn2cccnc2c1CCl. The molecule has 14 heavy (non-hydrogen) atoms. The molecule has 2 aromatic heterocycles. The van der Waals surface area contributed by atoms with E-state index >= 15 is 0 Å². The average Bonchev–Trinajstić information content (AvgIpc) is 2.56. The van der Waals surface area contributed by atoms with E-state index in [0.717, 1.165) is 16.9 Å². The summed E-state index contributed by atoms with van der Waals surface area (Å²) in [6.07, 6.45) is 3.65. The Morgan fingerprint density at radius 3 is 2.93 bits per heavy atom. The van der Waals surface area contributed by atoms with Gasteiger partial charge in [-0.1, -0.05) is 13.8 Å². The molecule has 3 nitrogen and oxygen atoms in total. The highest BCUT2D eigenvalue weighted by atomic mass is 35.5. The fourth-order valence-electron chi connectivity index (χ4n) is 1.54. The third-order valence-corrected chi connectivity index (χ3v) is 2.47. The van der Waals surface area contributed by atoms with Gasteiger partial charge in [0.25, 0.3) is 0 Å². The number of halogens is 1. The van der Waals surface area contributed by atoms with Crippen LogP contribution in [0.4, 0.5) is 0 Å². The highest BCUT2D eigenvalue weighted by Crippen LogP contribution is 2.22. The maximum Gasteiger partial charge on any atom is 0.159 e. The Kier molecular flexibility index (Phi) is 2.42. The standard InChI is InChI=1S/C10H12ClN3/c1-7(2)9-8(6-11)10-12-4-3-5-14(10)13-9/h3-5,7H,6H2,1-2H3. The zero-order valence-electron chi connectivity index (χ0n) is 8.24. The van der Waals surface area contributed by atoms with Crippen molar-refractivity contribution in [3.8, 4) is 0 Å². The molecule has 2 aromatic rings. The Morgan fingerprint density at radius 2 is 2.29 bits per heavy atom. The normalized spacial score (nSPS) is 11.4. The second-order valence-electron chi connectivity index (χ2n) is 3.54. The van der Waals surface area contributed by atoms with Gasteiger partial charge in [0.2, 0.25) is 0 Å². The number of aromatic nitrogens is 3. The quantitative estimate of drug-likeness (QED) is 0.712. The fraction of sp³-hybridized carbons (Fsp3) is 0.400. The molecule has 0 spiro atoms. The summed E-state index contributed by atoms with van der Waals surface area (Å²) in [5.74, 6) is 0.846. The second kappa shape index (κ2) is 3.58. The van der Waals surface area contributed by atoms with Gasteiger partial charge in [-0.05, 0) is 12.0 Å². The minimum atomic E-state index is 0.380. The molecule has 0 radical (unpaired) electrons. The van der Waals surface area contributed by atoms with Crippen LogP contribution in [0.5, 0.6) is 0 Å². The molecule has 4 heteroatoms. The van der Waals surface area contributed by atoms with Crippen molar-refractivity contribution >= 4 is 17.2 Å². The van der Waals surface area contributed by atoms with Crippen LogP contribution in [0.3, 0.4) is 0 Å². The molecule has 0 fully saturated rings. The highest BCUT2D eigenvalue weighted by molar-refractivity contribution is 6.17. The van der Waals surface area contributed by atoms with Crippen LogP contribution in [0.15, 0.2) is 18.5 Å². The van der Waals surface area contributed by atoms with Crippen molar-refractivity contribution in [1.29, 1.82) is 0 Å². The van der Waals surface area contributed by atoms with Crippen molar-refractivity contribution in [1.82, 2.24) is 14.6 Å². The van der Waals surface area contributed by atoms with Crippen LogP contribution >= 0.6 is 11.6 Å². The molecule has 0 aromatic carbocycles.